The molecule has 1 aliphatic rings. The topological polar surface area (TPSA) is 69.4 Å². The van der Waals surface area contributed by atoms with Gasteiger partial charge in [-0.25, -0.2) is 4.98 Å². The molecule has 0 saturated carbocycles. The molecular formula is C14H15N3O2S. The predicted molar refractivity (Wildman–Crippen MR) is 79.1 cm³/mol. The summed E-state index contributed by atoms with van der Waals surface area (Å²) < 4.78 is 11.3. The van der Waals surface area contributed by atoms with Crippen LogP contribution in [-0.2, 0) is 0 Å². The number of pyridine rings is 1. The summed E-state index contributed by atoms with van der Waals surface area (Å²) in [5.74, 6) is 2.44. The van der Waals surface area contributed by atoms with Gasteiger partial charge in [-0.15, -0.1) is 0 Å². The Kier molecular flexibility index (Phi) is 3.94. The molecule has 0 amide bonds. The van der Waals surface area contributed by atoms with Gasteiger partial charge in [-0.1, -0.05) is 11.8 Å². The van der Waals surface area contributed by atoms with Crippen molar-refractivity contribution in [1.29, 1.82) is 0 Å². The first-order valence-electron chi connectivity index (χ1n) is 6.33. The molecule has 2 heterocycles. The van der Waals surface area contributed by atoms with Gasteiger partial charge < -0.3 is 20.5 Å². The summed E-state index contributed by atoms with van der Waals surface area (Å²) in [6.45, 7) is 1.02. The molecule has 1 aromatic carbocycles. The number of nitrogens with zero attached hydrogens (tertiary/aromatic N) is 1. The Morgan fingerprint density at radius 1 is 1.20 bits per heavy atom. The molecule has 3 rings (SSSR count). The minimum absolute atomic E-state index is 0.157. The number of hydrogen-bond donors (Lipinski definition) is 2. The van der Waals surface area contributed by atoms with Crippen molar-refractivity contribution in [3.8, 4) is 11.5 Å². The molecule has 0 fully saturated rings. The normalized spacial score (nSPS) is 16.4. The average molecular weight is 289 g/mol. The standard InChI is InChI=1S/C14H15N3O2S/c15-7-9-18-10-3-5-11(6-4-10)19-14-17-13-12(20-14)2-1-8-16-13/h1-6,8,14H,7,9,15H2,(H,16,17). The van der Waals surface area contributed by atoms with Gasteiger partial charge in [-0.2, -0.15) is 0 Å². The number of nitrogens with two attached hydrogens (primary N) is 1. The number of rotatable bonds is 5. The van der Waals surface area contributed by atoms with Crippen LogP contribution in [0.25, 0.3) is 0 Å². The lowest BCUT2D eigenvalue weighted by molar-refractivity contribution is 0.312. The molecule has 1 atom stereocenters. The van der Waals surface area contributed by atoms with Crippen LogP contribution >= 0.6 is 11.8 Å². The van der Waals surface area contributed by atoms with E-state index < -0.39 is 0 Å². The second kappa shape index (κ2) is 6.02. The highest BCUT2D eigenvalue weighted by molar-refractivity contribution is 8.00. The van der Waals surface area contributed by atoms with Crippen LogP contribution in [0.2, 0.25) is 0 Å². The number of fused-ring (bicyclic) bond motifs is 1. The van der Waals surface area contributed by atoms with E-state index in [0.29, 0.717) is 13.2 Å². The molecule has 6 heteroatoms. The minimum Gasteiger partial charge on any atom is -0.492 e. The van der Waals surface area contributed by atoms with Crippen LogP contribution < -0.4 is 20.5 Å². The number of aromatic nitrogens is 1. The van der Waals surface area contributed by atoms with E-state index in [1.165, 1.54) is 0 Å². The van der Waals surface area contributed by atoms with Crippen LogP contribution in [-0.4, -0.2) is 23.7 Å². The largest absolute Gasteiger partial charge is 0.492 e. The van der Waals surface area contributed by atoms with Crippen LogP contribution in [0.1, 0.15) is 0 Å². The summed E-state index contributed by atoms with van der Waals surface area (Å²) in [5.41, 5.74) is 5.23. The predicted octanol–water partition coefficient (Wildman–Crippen LogP) is 2.30. The molecule has 1 aromatic heterocycles. The zero-order valence-electron chi connectivity index (χ0n) is 10.8. The number of thioether (sulfide) groups is 1. The molecule has 0 radical (unpaired) electrons. The molecule has 104 valence electrons. The fourth-order valence-corrected chi connectivity index (χ4v) is 2.76. The van der Waals surface area contributed by atoms with Crippen molar-refractivity contribution in [3.05, 3.63) is 42.6 Å². The van der Waals surface area contributed by atoms with Gasteiger partial charge in [0.15, 0.2) is 0 Å². The van der Waals surface area contributed by atoms with Crippen molar-refractivity contribution in [1.82, 2.24) is 4.98 Å². The fraction of sp³-hybridized carbons (Fsp3) is 0.214. The van der Waals surface area contributed by atoms with Crippen molar-refractivity contribution in [2.75, 3.05) is 18.5 Å². The molecule has 3 N–H and O–H groups in total. The minimum atomic E-state index is -0.157. The van der Waals surface area contributed by atoms with Crippen LogP contribution in [0, 0.1) is 0 Å². The van der Waals surface area contributed by atoms with Gasteiger partial charge in [-0.05, 0) is 36.4 Å². The van der Waals surface area contributed by atoms with E-state index in [1.54, 1.807) is 18.0 Å². The second-order valence-corrected chi connectivity index (χ2v) is 5.27. The molecule has 0 saturated heterocycles. The summed E-state index contributed by atoms with van der Waals surface area (Å²) in [6, 6.07) is 11.4. The van der Waals surface area contributed by atoms with Crippen LogP contribution in [0.4, 0.5) is 5.82 Å². The lowest BCUT2D eigenvalue weighted by Crippen LogP contribution is -2.18. The lowest BCUT2D eigenvalue weighted by Gasteiger charge is -2.13. The number of hydrogen-bond acceptors (Lipinski definition) is 6. The number of benzene rings is 1. The number of anilines is 1. The summed E-state index contributed by atoms with van der Waals surface area (Å²) >= 11 is 1.61. The molecule has 2 aromatic rings. The zero-order chi connectivity index (χ0) is 13.8. The van der Waals surface area contributed by atoms with E-state index >= 15 is 0 Å². The highest BCUT2D eigenvalue weighted by Crippen LogP contribution is 2.37. The SMILES string of the molecule is NCCOc1ccc(OC2Nc3ncccc3S2)cc1. The molecule has 0 bridgehead atoms. The Morgan fingerprint density at radius 2 is 2.00 bits per heavy atom. The first-order valence-corrected chi connectivity index (χ1v) is 7.21. The Labute approximate surface area is 121 Å². The molecule has 5 nitrogen and oxygen atoms in total. The van der Waals surface area contributed by atoms with E-state index in [0.717, 1.165) is 22.2 Å². The molecule has 1 unspecified atom stereocenters. The second-order valence-electron chi connectivity index (χ2n) is 4.17. The molecule has 0 aliphatic carbocycles. The Balaban J connectivity index is 1.59. The third kappa shape index (κ3) is 2.97. The Morgan fingerprint density at radius 3 is 2.75 bits per heavy atom. The fourth-order valence-electron chi connectivity index (χ4n) is 1.82. The molecule has 0 spiro atoms. The highest BCUT2D eigenvalue weighted by Gasteiger charge is 2.23. The summed E-state index contributed by atoms with van der Waals surface area (Å²) in [4.78, 5) is 5.35. The van der Waals surface area contributed by atoms with E-state index in [-0.39, 0.29) is 5.56 Å². The third-order valence-corrected chi connectivity index (χ3v) is 3.72. The summed E-state index contributed by atoms with van der Waals surface area (Å²) in [5, 5.41) is 3.21. The first kappa shape index (κ1) is 13.1. The first-order chi connectivity index (χ1) is 9.85. The van der Waals surface area contributed by atoms with Gasteiger partial charge in [0.1, 0.15) is 23.9 Å². The van der Waals surface area contributed by atoms with Crippen LogP contribution in [0.15, 0.2) is 47.5 Å². The smallest absolute Gasteiger partial charge is 0.224 e. The number of nitrogens with one attached hydrogen (secondary N) is 1. The Bertz CT molecular complexity index is 552. The van der Waals surface area contributed by atoms with E-state index in [2.05, 4.69) is 10.3 Å². The monoisotopic (exact) mass is 289 g/mol. The Hall–Kier alpha value is -1.92. The van der Waals surface area contributed by atoms with E-state index in [9.17, 15) is 0 Å². The third-order valence-electron chi connectivity index (χ3n) is 2.71. The van der Waals surface area contributed by atoms with Crippen molar-refractivity contribution < 1.29 is 9.47 Å². The zero-order valence-corrected chi connectivity index (χ0v) is 11.6. The van der Waals surface area contributed by atoms with Gasteiger partial charge in [0, 0.05) is 12.7 Å². The van der Waals surface area contributed by atoms with Gasteiger partial charge in [0.05, 0.1) is 4.90 Å². The van der Waals surface area contributed by atoms with Crippen molar-refractivity contribution in [2.45, 2.75) is 10.5 Å². The summed E-state index contributed by atoms with van der Waals surface area (Å²) in [7, 11) is 0. The molecular weight excluding hydrogens is 274 g/mol. The lowest BCUT2D eigenvalue weighted by atomic mass is 10.3. The van der Waals surface area contributed by atoms with Gasteiger partial charge >= 0.3 is 0 Å². The maximum absolute atomic E-state index is 5.85. The van der Waals surface area contributed by atoms with E-state index in [4.69, 9.17) is 15.2 Å². The highest BCUT2D eigenvalue weighted by atomic mass is 32.2. The molecule has 1 aliphatic heterocycles. The number of ether oxygens (including phenoxy) is 2. The van der Waals surface area contributed by atoms with Crippen LogP contribution in [0.3, 0.4) is 0 Å². The average Bonchev–Trinajstić information content (AvgIpc) is 2.89. The quantitative estimate of drug-likeness (QED) is 0.880. The summed E-state index contributed by atoms with van der Waals surface area (Å²) in [6.07, 6.45) is 1.76. The van der Waals surface area contributed by atoms with Crippen LogP contribution in [0.5, 0.6) is 11.5 Å². The maximum Gasteiger partial charge on any atom is 0.224 e. The van der Waals surface area contributed by atoms with Crippen molar-refractivity contribution >= 4 is 17.6 Å². The van der Waals surface area contributed by atoms with Gasteiger partial charge in [0.25, 0.3) is 0 Å². The van der Waals surface area contributed by atoms with Gasteiger partial charge in [0.2, 0.25) is 5.56 Å². The van der Waals surface area contributed by atoms with Crippen molar-refractivity contribution in [2.24, 2.45) is 5.73 Å². The van der Waals surface area contributed by atoms with Crippen molar-refractivity contribution in [3.63, 3.8) is 0 Å². The van der Waals surface area contributed by atoms with E-state index in [1.807, 2.05) is 36.4 Å². The van der Waals surface area contributed by atoms with Gasteiger partial charge in [-0.3, -0.25) is 0 Å². The molecule has 20 heavy (non-hydrogen) atoms. The maximum atomic E-state index is 5.85.